The minimum Gasteiger partial charge on any atom is -0.375 e. The second-order valence-electron chi connectivity index (χ2n) is 4.08. The SMILES string of the molecule is Nc1nc2c(N3CCCCC3)ccnc2s1. The Balaban J connectivity index is 2.07. The van der Waals surface area contributed by atoms with Crippen molar-refractivity contribution in [2.24, 2.45) is 0 Å². The summed E-state index contributed by atoms with van der Waals surface area (Å²) in [5, 5.41) is 0.604. The summed E-state index contributed by atoms with van der Waals surface area (Å²) in [6, 6.07) is 2.05. The van der Waals surface area contributed by atoms with Crippen LogP contribution in [0.2, 0.25) is 0 Å². The minimum atomic E-state index is 0.604. The van der Waals surface area contributed by atoms with Crippen LogP contribution >= 0.6 is 11.3 Å². The molecule has 0 atom stereocenters. The fourth-order valence-corrected chi connectivity index (χ4v) is 2.92. The average molecular weight is 234 g/mol. The third kappa shape index (κ3) is 1.61. The summed E-state index contributed by atoms with van der Waals surface area (Å²) < 4.78 is 0. The largest absolute Gasteiger partial charge is 0.375 e. The van der Waals surface area contributed by atoms with Crippen LogP contribution < -0.4 is 10.6 Å². The van der Waals surface area contributed by atoms with Crippen molar-refractivity contribution >= 4 is 32.5 Å². The van der Waals surface area contributed by atoms with Crippen LogP contribution in [-0.2, 0) is 0 Å². The molecule has 84 valence electrons. The van der Waals surface area contributed by atoms with Crippen LogP contribution in [0.4, 0.5) is 10.8 Å². The molecule has 1 aliphatic heterocycles. The van der Waals surface area contributed by atoms with E-state index in [9.17, 15) is 0 Å². The molecule has 2 aromatic rings. The number of nitrogen functional groups attached to an aromatic ring is 1. The van der Waals surface area contributed by atoms with E-state index in [2.05, 4.69) is 14.9 Å². The number of nitrogens with two attached hydrogens (primary N) is 1. The molecule has 1 saturated heterocycles. The molecule has 16 heavy (non-hydrogen) atoms. The molecule has 3 heterocycles. The van der Waals surface area contributed by atoms with Gasteiger partial charge in [-0.1, -0.05) is 11.3 Å². The first kappa shape index (κ1) is 9.84. The summed E-state index contributed by atoms with van der Waals surface area (Å²) in [6.45, 7) is 2.24. The first-order chi connectivity index (χ1) is 7.84. The van der Waals surface area contributed by atoms with Gasteiger partial charge in [0.25, 0.3) is 0 Å². The van der Waals surface area contributed by atoms with Gasteiger partial charge in [0.2, 0.25) is 0 Å². The van der Waals surface area contributed by atoms with E-state index in [1.165, 1.54) is 36.3 Å². The molecule has 0 aromatic carbocycles. The fourth-order valence-electron chi connectivity index (χ4n) is 2.23. The zero-order chi connectivity index (χ0) is 11.0. The van der Waals surface area contributed by atoms with Gasteiger partial charge in [0.15, 0.2) is 5.13 Å². The maximum Gasteiger partial charge on any atom is 0.182 e. The molecule has 0 spiro atoms. The van der Waals surface area contributed by atoms with E-state index in [1.54, 1.807) is 0 Å². The summed E-state index contributed by atoms with van der Waals surface area (Å²) in [7, 11) is 0. The molecule has 0 bridgehead atoms. The van der Waals surface area contributed by atoms with Gasteiger partial charge in [-0.05, 0) is 25.3 Å². The molecular weight excluding hydrogens is 220 g/mol. The number of hydrogen-bond acceptors (Lipinski definition) is 5. The standard InChI is InChI=1S/C11H14N4S/c12-11-14-9-8(4-5-13-10(9)16-11)15-6-2-1-3-7-15/h4-5H,1-3,6-7H2,(H2,12,14). The Hall–Kier alpha value is -1.36. The Bertz CT molecular complexity index is 502. The van der Waals surface area contributed by atoms with Gasteiger partial charge >= 0.3 is 0 Å². The lowest BCUT2D eigenvalue weighted by atomic mass is 10.1. The number of anilines is 2. The second-order valence-corrected chi connectivity index (χ2v) is 5.09. The zero-order valence-corrected chi connectivity index (χ0v) is 9.83. The van der Waals surface area contributed by atoms with Gasteiger partial charge < -0.3 is 10.6 Å². The minimum absolute atomic E-state index is 0.604. The van der Waals surface area contributed by atoms with Gasteiger partial charge in [-0.3, -0.25) is 0 Å². The van der Waals surface area contributed by atoms with Crippen molar-refractivity contribution in [1.82, 2.24) is 9.97 Å². The molecule has 2 N–H and O–H groups in total. The Morgan fingerprint density at radius 1 is 1.25 bits per heavy atom. The molecule has 0 amide bonds. The van der Waals surface area contributed by atoms with E-state index in [1.807, 2.05) is 12.3 Å². The highest BCUT2D eigenvalue weighted by atomic mass is 32.1. The Labute approximate surface area is 98.1 Å². The topological polar surface area (TPSA) is 55.0 Å². The molecule has 0 unspecified atom stereocenters. The van der Waals surface area contributed by atoms with Gasteiger partial charge in [-0.2, -0.15) is 0 Å². The lowest BCUT2D eigenvalue weighted by Crippen LogP contribution is -2.29. The monoisotopic (exact) mass is 234 g/mol. The lowest BCUT2D eigenvalue weighted by molar-refractivity contribution is 0.578. The van der Waals surface area contributed by atoms with Crippen molar-refractivity contribution in [3.8, 4) is 0 Å². The summed E-state index contributed by atoms with van der Waals surface area (Å²) in [5.74, 6) is 0. The van der Waals surface area contributed by atoms with Gasteiger partial charge in [0.1, 0.15) is 10.3 Å². The predicted molar refractivity (Wildman–Crippen MR) is 67.9 cm³/mol. The summed E-state index contributed by atoms with van der Waals surface area (Å²) >= 11 is 1.46. The van der Waals surface area contributed by atoms with Gasteiger partial charge in [-0.25, -0.2) is 9.97 Å². The van der Waals surface area contributed by atoms with Crippen molar-refractivity contribution in [2.45, 2.75) is 19.3 Å². The number of nitrogens with zero attached hydrogens (tertiary/aromatic N) is 3. The van der Waals surface area contributed by atoms with E-state index in [4.69, 9.17) is 5.73 Å². The van der Waals surface area contributed by atoms with Crippen LogP contribution in [0.5, 0.6) is 0 Å². The third-order valence-electron chi connectivity index (χ3n) is 2.99. The number of aromatic nitrogens is 2. The molecule has 0 aliphatic carbocycles. The van der Waals surface area contributed by atoms with Gasteiger partial charge in [0, 0.05) is 19.3 Å². The van der Waals surface area contributed by atoms with E-state index in [-0.39, 0.29) is 0 Å². The molecular formula is C11H14N4S. The van der Waals surface area contributed by atoms with Crippen molar-refractivity contribution in [3.63, 3.8) is 0 Å². The first-order valence-corrected chi connectivity index (χ1v) is 6.42. The second kappa shape index (κ2) is 3.90. The highest BCUT2D eigenvalue weighted by Crippen LogP contribution is 2.31. The number of fused-ring (bicyclic) bond motifs is 1. The Morgan fingerprint density at radius 2 is 2.06 bits per heavy atom. The molecule has 5 heteroatoms. The summed E-state index contributed by atoms with van der Waals surface area (Å²) in [5.41, 5.74) is 7.89. The molecule has 0 radical (unpaired) electrons. The summed E-state index contributed by atoms with van der Waals surface area (Å²) in [6.07, 6.45) is 5.72. The van der Waals surface area contributed by atoms with Crippen LogP contribution in [-0.4, -0.2) is 23.1 Å². The highest BCUT2D eigenvalue weighted by molar-refractivity contribution is 7.21. The number of hydrogen-bond donors (Lipinski definition) is 1. The zero-order valence-electron chi connectivity index (χ0n) is 9.02. The van der Waals surface area contributed by atoms with Crippen molar-refractivity contribution in [3.05, 3.63) is 12.3 Å². The van der Waals surface area contributed by atoms with E-state index >= 15 is 0 Å². The van der Waals surface area contributed by atoms with Crippen molar-refractivity contribution in [1.29, 1.82) is 0 Å². The number of thiazole rings is 1. The Kier molecular flexibility index (Phi) is 2.40. The number of piperidine rings is 1. The molecule has 2 aromatic heterocycles. The lowest BCUT2D eigenvalue weighted by Gasteiger charge is -2.28. The predicted octanol–water partition coefficient (Wildman–Crippen LogP) is 2.26. The van der Waals surface area contributed by atoms with Crippen molar-refractivity contribution in [2.75, 3.05) is 23.7 Å². The molecule has 1 fully saturated rings. The maximum absolute atomic E-state index is 5.74. The first-order valence-electron chi connectivity index (χ1n) is 5.60. The number of pyridine rings is 1. The summed E-state index contributed by atoms with van der Waals surface area (Å²) in [4.78, 5) is 12.0. The maximum atomic E-state index is 5.74. The quantitative estimate of drug-likeness (QED) is 0.822. The van der Waals surface area contributed by atoms with E-state index < -0.39 is 0 Å². The van der Waals surface area contributed by atoms with Crippen LogP contribution in [0.15, 0.2) is 12.3 Å². The van der Waals surface area contributed by atoms with Crippen LogP contribution in [0.3, 0.4) is 0 Å². The van der Waals surface area contributed by atoms with Crippen LogP contribution in [0.25, 0.3) is 10.3 Å². The van der Waals surface area contributed by atoms with Crippen molar-refractivity contribution < 1.29 is 0 Å². The normalized spacial score (nSPS) is 16.9. The highest BCUT2D eigenvalue weighted by Gasteiger charge is 2.15. The van der Waals surface area contributed by atoms with Crippen LogP contribution in [0.1, 0.15) is 19.3 Å². The molecule has 3 rings (SSSR count). The Morgan fingerprint density at radius 3 is 2.88 bits per heavy atom. The van der Waals surface area contributed by atoms with Gasteiger partial charge in [0.05, 0.1) is 5.69 Å². The van der Waals surface area contributed by atoms with Crippen LogP contribution in [0, 0.1) is 0 Å². The van der Waals surface area contributed by atoms with E-state index in [0.29, 0.717) is 5.13 Å². The van der Waals surface area contributed by atoms with E-state index in [0.717, 1.165) is 23.4 Å². The van der Waals surface area contributed by atoms with Gasteiger partial charge in [-0.15, -0.1) is 0 Å². The third-order valence-corrected chi connectivity index (χ3v) is 3.78. The molecule has 4 nitrogen and oxygen atoms in total. The smallest absolute Gasteiger partial charge is 0.182 e. The number of rotatable bonds is 1. The average Bonchev–Trinajstić information content (AvgIpc) is 2.70. The molecule has 0 saturated carbocycles. The molecule has 1 aliphatic rings. The fraction of sp³-hybridized carbons (Fsp3) is 0.455.